The zero-order valence-electron chi connectivity index (χ0n) is 13.2. The molecule has 0 fully saturated rings. The van der Waals surface area contributed by atoms with Crippen molar-refractivity contribution < 1.29 is 14.3 Å². The van der Waals surface area contributed by atoms with Crippen molar-refractivity contribution in [2.45, 2.75) is 6.92 Å². The fourth-order valence-electron chi connectivity index (χ4n) is 1.86. The molecule has 0 saturated heterocycles. The average Bonchev–Trinajstić information content (AvgIpc) is 2.57. The molecule has 0 radical (unpaired) electrons. The third kappa shape index (κ3) is 4.60. The number of rotatable bonds is 4. The van der Waals surface area contributed by atoms with Crippen LogP contribution in [0.4, 0.5) is 26.7 Å². The van der Waals surface area contributed by atoms with Crippen molar-refractivity contribution in [2.75, 3.05) is 29.2 Å². The summed E-state index contributed by atoms with van der Waals surface area (Å²) in [6.45, 7) is 2.05. The minimum absolute atomic E-state index is 0.207. The second kappa shape index (κ2) is 8.16. The predicted octanol–water partition coefficient (Wildman–Crippen LogP) is 3.97. The van der Waals surface area contributed by atoms with Gasteiger partial charge in [0, 0.05) is 24.6 Å². The molecule has 0 aliphatic rings. The van der Waals surface area contributed by atoms with Gasteiger partial charge in [-0.3, -0.25) is 4.90 Å². The molecule has 0 unspecified atom stereocenters. The number of hydrogen-bond donors (Lipinski definition) is 2. The highest BCUT2D eigenvalue weighted by molar-refractivity contribution is 6.32. The summed E-state index contributed by atoms with van der Waals surface area (Å²) in [5.74, 6) is 0. The van der Waals surface area contributed by atoms with Crippen LogP contribution in [0.2, 0.25) is 5.15 Å². The summed E-state index contributed by atoms with van der Waals surface area (Å²) in [6.07, 6.45) is 1.09. The van der Waals surface area contributed by atoms with E-state index in [2.05, 4.69) is 15.6 Å². The molecular formula is C16H17ClN4O3. The highest BCUT2D eigenvalue weighted by Gasteiger charge is 2.12. The minimum atomic E-state index is -0.448. The Morgan fingerprint density at radius 2 is 1.92 bits per heavy atom. The summed E-state index contributed by atoms with van der Waals surface area (Å²) in [7, 11) is 1.61. The van der Waals surface area contributed by atoms with Gasteiger partial charge >= 0.3 is 12.1 Å². The molecule has 0 saturated carbocycles. The molecule has 126 valence electrons. The molecule has 0 spiro atoms. The first-order chi connectivity index (χ1) is 11.5. The Morgan fingerprint density at radius 3 is 2.54 bits per heavy atom. The quantitative estimate of drug-likeness (QED) is 0.819. The SMILES string of the molecule is CCOC(=O)N(C)c1ccc(NC(=O)Nc2cccnc2Cl)cc1. The van der Waals surface area contributed by atoms with E-state index < -0.39 is 12.1 Å². The van der Waals surface area contributed by atoms with Crippen LogP contribution in [0.3, 0.4) is 0 Å². The van der Waals surface area contributed by atoms with Crippen molar-refractivity contribution >= 4 is 40.8 Å². The molecule has 2 aromatic rings. The van der Waals surface area contributed by atoms with E-state index in [1.807, 2.05) is 0 Å². The van der Waals surface area contributed by atoms with Gasteiger partial charge in [0.05, 0.1) is 12.3 Å². The molecule has 8 heteroatoms. The Morgan fingerprint density at radius 1 is 1.21 bits per heavy atom. The van der Waals surface area contributed by atoms with Gasteiger partial charge in [0.15, 0.2) is 5.15 Å². The zero-order chi connectivity index (χ0) is 17.5. The second-order valence-corrected chi connectivity index (χ2v) is 5.08. The van der Waals surface area contributed by atoms with Gasteiger partial charge in [-0.1, -0.05) is 11.6 Å². The number of carbonyl (C=O) groups excluding carboxylic acids is 2. The number of nitrogens with one attached hydrogen (secondary N) is 2. The van der Waals surface area contributed by atoms with Gasteiger partial charge in [-0.05, 0) is 43.3 Å². The Labute approximate surface area is 144 Å². The van der Waals surface area contributed by atoms with Gasteiger partial charge in [0.25, 0.3) is 0 Å². The number of hydrogen-bond acceptors (Lipinski definition) is 4. The second-order valence-electron chi connectivity index (χ2n) is 4.73. The summed E-state index contributed by atoms with van der Waals surface area (Å²) in [5, 5.41) is 5.48. The fourth-order valence-corrected chi connectivity index (χ4v) is 2.02. The number of halogens is 1. The number of urea groups is 1. The van der Waals surface area contributed by atoms with E-state index in [1.54, 1.807) is 50.4 Å². The van der Waals surface area contributed by atoms with Crippen LogP contribution in [0, 0.1) is 0 Å². The number of amides is 3. The molecule has 1 aromatic heterocycles. The number of pyridine rings is 1. The Balaban J connectivity index is 1.97. The van der Waals surface area contributed by atoms with Gasteiger partial charge in [0.2, 0.25) is 0 Å². The Kier molecular flexibility index (Phi) is 5.97. The normalized spacial score (nSPS) is 9.96. The minimum Gasteiger partial charge on any atom is -0.449 e. The van der Waals surface area contributed by atoms with Crippen molar-refractivity contribution in [1.29, 1.82) is 0 Å². The number of aromatic nitrogens is 1. The molecule has 24 heavy (non-hydrogen) atoms. The van der Waals surface area contributed by atoms with E-state index in [1.165, 1.54) is 11.1 Å². The predicted molar refractivity (Wildman–Crippen MR) is 93.8 cm³/mol. The number of anilines is 3. The lowest BCUT2D eigenvalue weighted by Crippen LogP contribution is -2.27. The van der Waals surface area contributed by atoms with Crippen LogP contribution in [-0.4, -0.2) is 30.8 Å². The number of carbonyl (C=O) groups is 2. The van der Waals surface area contributed by atoms with Gasteiger partial charge in [0.1, 0.15) is 0 Å². The zero-order valence-corrected chi connectivity index (χ0v) is 14.0. The Hall–Kier alpha value is -2.80. The number of nitrogens with zero attached hydrogens (tertiary/aromatic N) is 2. The summed E-state index contributed by atoms with van der Waals surface area (Å²) >= 11 is 5.88. The average molecular weight is 349 g/mol. The van der Waals surface area contributed by atoms with Crippen molar-refractivity contribution in [3.63, 3.8) is 0 Å². The molecule has 0 aliphatic heterocycles. The lowest BCUT2D eigenvalue weighted by molar-refractivity contribution is 0.161. The summed E-state index contributed by atoms with van der Waals surface area (Å²) in [4.78, 5) is 28.9. The maximum atomic E-state index is 12.0. The topological polar surface area (TPSA) is 83.6 Å². The van der Waals surface area contributed by atoms with E-state index in [9.17, 15) is 9.59 Å². The largest absolute Gasteiger partial charge is 0.449 e. The molecule has 0 atom stereocenters. The van der Waals surface area contributed by atoms with E-state index >= 15 is 0 Å². The van der Waals surface area contributed by atoms with Gasteiger partial charge < -0.3 is 15.4 Å². The van der Waals surface area contributed by atoms with Crippen molar-refractivity contribution in [3.05, 3.63) is 47.7 Å². The first kappa shape index (κ1) is 17.6. The van der Waals surface area contributed by atoms with E-state index in [0.29, 0.717) is 23.7 Å². The van der Waals surface area contributed by atoms with Crippen LogP contribution in [-0.2, 0) is 4.74 Å². The molecule has 3 amide bonds. The van der Waals surface area contributed by atoms with Crippen LogP contribution >= 0.6 is 11.6 Å². The van der Waals surface area contributed by atoms with Gasteiger partial charge in [-0.25, -0.2) is 14.6 Å². The lowest BCUT2D eigenvalue weighted by Gasteiger charge is -2.17. The molecule has 7 nitrogen and oxygen atoms in total. The highest BCUT2D eigenvalue weighted by atomic mass is 35.5. The van der Waals surface area contributed by atoms with Crippen LogP contribution < -0.4 is 15.5 Å². The smallest absolute Gasteiger partial charge is 0.413 e. The van der Waals surface area contributed by atoms with Crippen LogP contribution in [0.5, 0.6) is 0 Å². The fraction of sp³-hybridized carbons (Fsp3) is 0.188. The lowest BCUT2D eigenvalue weighted by atomic mass is 10.2. The molecule has 1 heterocycles. The molecule has 2 rings (SSSR count). The van der Waals surface area contributed by atoms with Gasteiger partial charge in [-0.15, -0.1) is 0 Å². The van der Waals surface area contributed by atoms with E-state index in [0.717, 1.165) is 0 Å². The highest BCUT2D eigenvalue weighted by Crippen LogP contribution is 2.20. The van der Waals surface area contributed by atoms with E-state index in [4.69, 9.17) is 16.3 Å². The molecule has 2 N–H and O–H groups in total. The molecule has 0 bridgehead atoms. The summed E-state index contributed by atoms with van der Waals surface area (Å²) in [5.41, 5.74) is 1.62. The maximum Gasteiger partial charge on any atom is 0.413 e. The number of ether oxygens (including phenoxy) is 1. The third-order valence-corrected chi connectivity index (χ3v) is 3.36. The van der Waals surface area contributed by atoms with Gasteiger partial charge in [-0.2, -0.15) is 0 Å². The third-order valence-electron chi connectivity index (χ3n) is 3.06. The summed E-state index contributed by atoms with van der Waals surface area (Å²) in [6, 6.07) is 9.61. The summed E-state index contributed by atoms with van der Waals surface area (Å²) < 4.78 is 4.92. The van der Waals surface area contributed by atoms with Crippen molar-refractivity contribution in [1.82, 2.24) is 4.98 Å². The first-order valence-corrected chi connectivity index (χ1v) is 7.58. The maximum absolute atomic E-state index is 12.0. The standard InChI is InChI=1S/C16H17ClN4O3/c1-3-24-16(23)21(2)12-8-6-11(7-9-12)19-15(22)20-13-5-4-10-18-14(13)17/h4-10H,3H2,1-2H3,(H2,19,20,22). The van der Waals surface area contributed by atoms with Crippen LogP contribution in [0.1, 0.15) is 6.92 Å². The molecular weight excluding hydrogens is 332 g/mol. The van der Waals surface area contributed by atoms with Crippen molar-refractivity contribution in [2.24, 2.45) is 0 Å². The van der Waals surface area contributed by atoms with Crippen LogP contribution in [0.25, 0.3) is 0 Å². The monoisotopic (exact) mass is 348 g/mol. The van der Waals surface area contributed by atoms with E-state index in [-0.39, 0.29) is 5.15 Å². The molecule has 1 aromatic carbocycles. The number of benzene rings is 1. The first-order valence-electron chi connectivity index (χ1n) is 7.20. The molecule has 0 aliphatic carbocycles. The Bertz CT molecular complexity index is 722. The van der Waals surface area contributed by atoms with Crippen molar-refractivity contribution in [3.8, 4) is 0 Å². The van der Waals surface area contributed by atoms with Crippen LogP contribution in [0.15, 0.2) is 42.6 Å².